The molecular weight excluding hydrogens is 312 g/mol. The molecule has 0 spiro atoms. The van der Waals surface area contributed by atoms with Gasteiger partial charge in [-0.25, -0.2) is 0 Å². The van der Waals surface area contributed by atoms with Gasteiger partial charge in [0.05, 0.1) is 12.2 Å². The van der Waals surface area contributed by atoms with Crippen molar-refractivity contribution in [2.24, 2.45) is 0 Å². The zero-order valence-corrected chi connectivity index (χ0v) is 14.7. The average molecular weight is 336 g/mol. The number of Topliss-reactive ketones (excluding diaryl/α,β-unsaturated/α-hetero) is 2. The highest BCUT2D eigenvalue weighted by Gasteiger charge is 2.32. The Labute approximate surface area is 149 Å². The molecule has 2 aromatic rings. The molecule has 0 fully saturated rings. The third-order valence-corrected chi connectivity index (χ3v) is 4.68. The number of rotatable bonds is 8. The molecule has 0 saturated carbocycles. The van der Waals surface area contributed by atoms with Crippen molar-refractivity contribution in [2.45, 2.75) is 45.4 Å². The van der Waals surface area contributed by atoms with Crippen LogP contribution in [0.3, 0.4) is 0 Å². The lowest BCUT2D eigenvalue weighted by Crippen LogP contribution is -2.22. The molecule has 0 unspecified atom stereocenters. The molecule has 3 heteroatoms. The monoisotopic (exact) mass is 336 g/mol. The highest BCUT2D eigenvalue weighted by atomic mass is 16.5. The number of ether oxygens (including phenoxy) is 1. The molecule has 25 heavy (non-hydrogen) atoms. The molecule has 3 rings (SSSR count). The summed E-state index contributed by atoms with van der Waals surface area (Å²) in [4.78, 5) is 25.0. The van der Waals surface area contributed by atoms with Gasteiger partial charge >= 0.3 is 0 Å². The molecule has 0 radical (unpaired) electrons. The van der Waals surface area contributed by atoms with Gasteiger partial charge in [-0.1, -0.05) is 75.4 Å². The topological polar surface area (TPSA) is 43.4 Å². The van der Waals surface area contributed by atoms with Crippen LogP contribution in [-0.4, -0.2) is 18.2 Å². The molecule has 0 aliphatic heterocycles. The van der Waals surface area contributed by atoms with Gasteiger partial charge in [0.25, 0.3) is 0 Å². The summed E-state index contributed by atoms with van der Waals surface area (Å²) in [6, 6.07) is 12.8. The van der Waals surface area contributed by atoms with Gasteiger partial charge in [0.1, 0.15) is 5.75 Å². The smallest absolute Gasteiger partial charge is 0.237 e. The molecule has 0 amide bonds. The fraction of sp³-hybridized carbons (Fsp3) is 0.364. The van der Waals surface area contributed by atoms with Crippen LogP contribution in [0.25, 0.3) is 11.1 Å². The third-order valence-electron chi connectivity index (χ3n) is 4.68. The lowest BCUT2D eigenvalue weighted by Gasteiger charge is -2.20. The van der Waals surface area contributed by atoms with Gasteiger partial charge in [0.2, 0.25) is 11.6 Å². The van der Waals surface area contributed by atoms with E-state index in [1.165, 1.54) is 25.7 Å². The van der Waals surface area contributed by atoms with Crippen LogP contribution >= 0.6 is 0 Å². The summed E-state index contributed by atoms with van der Waals surface area (Å²) >= 11 is 0. The van der Waals surface area contributed by atoms with Gasteiger partial charge < -0.3 is 4.74 Å². The fourth-order valence-electron chi connectivity index (χ4n) is 3.33. The number of unbranched alkanes of at least 4 members (excludes halogenated alkanes) is 5. The van der Waals surface area contributed by atoms with E-state index in [0.29, 0.717) is 23.5 Å². The van der Waals surface area contributed by atoms with E-state index in [1.54, 1.807) is 18.2 Å². The number of hydrogen-bond donors (Lipinski definition) is 0. The molecule has 0 saturated heterocycles. The van der Waals surface area contributed by atoms with E-state index in [4.69, 9.17) is 4.74 Å². The van der Waals surface area contributed by atoms with E-state index >= 15 is 0 Å². The quantitative estimate of drug-likeness (QED) is 0.474. The number of benzene rings is 2. The molecule has 1 aliphatic carbocycles. The summed E-state index contributed by atoms with van der Waals surface area (Å²) < 4.78 is 5.87. The number of carbonyl (C=O) groups excluding carboxylic acids is 2. The molecule has 0 aromatic heterocycles. The standard InChI is InChI=1S/C22H24O3/c1-2-3-4-5-6-9-15-25-19-14-10-13-17-16-11-7-8-12-18(16)21(23)22(24)20(17)19/h7-8,10-14H,2-6,9,15H2,1H3. The maximum atomic E-state index is 12.6. The first-order chi connectivity index (χ1) is 12.2. The van der Waals surface area contributed by atoms with Crippen molar-refractivity contribution in [2.75, 3.05) is 6.61 Å². The van der Waals surface area contributed by atoms with Gasteiger partial charge in [-0.2, -0.15) is 0 Å². The normalized spacial score (nSPS) is 12.7. The summed E-state index contributed by atoms with van der Waals surface area (Å²) in [5, 5.41) is 0. The first-order valence-corrected chi connectivity index (χ1v) is 9.18. The molecule has 3 nitrogen and oxygen atoms in total. The zero-order valence-electron chi connectivity index (χ0n) is 14.7. The molecule has 0 bridgehead atoms. The second kappa shape index (κ2) is 8.11. The maximum absolute atomic E-state index is 12.6. The Morgan fingerprint density at radius 3 is 2.20 bits per heavy atom. The van der Waals surface area contributed by atoms with Crippen LogP contribution in [0.15, 0.2) is 42.5 Å². The van der Waals surface area contributed by atoms with Gasteiger partial charge in [-0.15, -0.1) is 0 Å². The van der Waals surface area contributed by atoms with Gasteiger partial charge in [-0.3, -0.25) is 9.59 Å². The predicted octanol–water partition coefficient (Wildman–Crippen LogP) is 5.47. The molecule has 1 aliphatic rings. The number of fused-ring (bicyclic) bond motifs is 3. The van der Waals surface area contributed by atoms with Crippen LogP contribution in [0, 0.1) is 0 Å². The second-order valence-electron chi connectivity index (χ2n) is 6.50. The highest BCUT2D eigenvalue weighted by Crippen LogP contribution is 2.38. The van der Waals surface area contributed by atoms with Crippen molar-refractivity contribution in [1.29, 1.82) is 0 Å². The minimum atomic E-state index is -0.466. The van der Waals surface area contributed by atoms with Gasteiger partial charge in [0, 0.05) is 5.56 Å². The van der Waals surface area contributed by atoms with E-state index in [2.05, 4.69) is 6.92 Å². The van der Waals surface area contributed by atoms with Crippen LogP contribution in [0.2, 0.25) is 0 Å². The van der Waals surface area contributed by atoms with Crippen molar-refractivity contribution in [1.82, 2.24) is 0 Å². The minimum absolute atomic E-state index is 0.414. The molecule has 130 valence electrons. The number of carbonyl (C=O) groups is 2. The summed E-state index contributed by atoms with van der Waals surface area (Å²) in [7, 11) is 0. The van der Waals surface area contributed by atoms with Crippen molar-refractivity contribution < 1.29 is 14.3 Å². The van der Waals surface area contributed by atoms with Crippen LogP contribution in [0.1, 0.15) is 66.2 Å². The van der Waals surface area contributed by atoms with Crippen LogP contribution in [0.4, 0.5) is 0 Å². The van der Waals surface area contributed by atoms with E-state index in [0.717, 1.165) is 24.0 Å². The molecule has 2 aromatic carbocycles. The summed E-state index contributed by atoms with van der Waals surface area (Å²) in [6.45, 7) is 2.78. The lowest BCUT2D eigenvalue weighted by atomic mass is 9.83. The fourth-order valence-corrected chi connectivity index (χ4v) is 3.33. The van der Waals surface area contributed by atoms with Gasteiger partial charge in [-0.05, 0) is 23.6 Å². The molecular formula is C22H24O3. The minimum Gasteiger partial charge on any atom is -0.493 e. The van der Waals surface area contributed by atoms with Crippen molar-refractivity contribution >= 4 is 11.6 Å². The van der Waals surface area contributed by atoms with Crippen LogP contribution < -0.4 is 4.74 Å². The van der Waals surface area contributed by atoms with Crippen LogP contribution in [0.5, 0.6) is 5.75 Å². The Bertz CT molecular complexity index is 777. The average Bonchev–Trinajstić information content (AvgIpc) is 2.65. The van der Waals surface area contributed by atoms with E-state index in [9.17, 15) is 9.59 Å². The maximum Gasteiger partial charge on any atom is 0.237 e. The Balaban J connectivity index is 1.74. The lowest BCUT2D eigenvalue weighted by molar-refractivity contribution is 0.0812. The van der Waals surface area contributed by atoms with Crippen molar-refractivity contribution in [3.8, 4) is 16.9 Å². The Morgan fingerprint density at radius 2 is 1.40 bits per heavy atom. The summed E-state index contributed by atoms with van der Waals surface area (Å²) in [5.41, 5.74) is 2.50. The van der Waals surface area contributed by atoms with Gasteiger partial charge in [0.15, 0.2) is 0 Å². The molecule has 0 heterocycles. The largest absolute Gasteiger partial charge is 0.493 e. The second-order valence-corrected chi connectivity index (χ2v) is 6.50. The van der Waals surface area contributed by atoms with E-state index < -0.39 is 11.6 Å². The Kier molecular flexibility index (Phi) is 5.64. The van der Waals surface area contributed by atoms with E-state index in [-0.39, 0.29) is 0 Å². The zero-order chi connectivity index (χ0) is 17.6. The van der Waals surface area contributed by atoms with Crippen molar-refractivity contribution in [3.05, 3.63) is 53.6 Å². The number of ketones is 2. The third kappa shape index (κ3) is 3.65. The molecule has 0 N–H and O–H groups in total. The highest BCUT2D eigenvalue weighted by molar-refractivity contribution is 6.53. The Hall–Kier alpha value is -2.42. The first kappa shape index (κ1) is 17.4. The SMILES string of the molecule is CCCCCCCCOc1cccc2c1C(=O)C(=O)c1ccccc1-2. The summed E-state index contributed by atoms with van der Waals surface area (Å²) in [5.74, 6) is -0.384. The number of hydrogen-bond acceptors (Lipinski definition) is 3. The van der Waals surface area contributed by atoms with Crippen LogP contribution in [-0.2, 0) is 0 Å². The van der Waals surface area contributed by atoms with E-state index in [1.807, 2.05) is 24.3 Å². The summed E-state index contributed by atoms with van der Waals surface area (Å²) in [6.07, 6.45) is 7.10. The molecule has 0 atom stereocenters. The first-order valence-electron chi connectivity index (χ1n) is 9.18. The Morgan fingerprint density at radius 1 is 0.720 bits per heavy atom. The predicted molar refractivity (Wildman–Crippen MR) is 99.4 cm³/mol. The van der Waals surface area contributed by atoms with Crippen molar-refractivity contribution in [3.63, 3.8) is 0 Å².